The highest BCUT2D eigenvalue weighted by Gasteiger charge is 2.27. The molecular weight excluding hydrogens is 292 g/mol. The highest BCUT2D eigenvalue weighted by atomic mass is 16.5. The zero-order chi connectivity index (χ0) is 16.4. The molecule has 0 aromatic carbocycles. The van der Waals surface area contributed by atoms with Crippen LogP contribution < -0.4 is 5.56 Å². The van der Waals surface area contributed by atoms with Crippen molar-refractivity contribution in [1.82, 2.24) is 9.47 Å². The minimum absolute atomic E-state index is 0.136. The molecule has 1 saturated heterocycles. The molecule has 1 saturated carbocycles. The van der Waals surface area contributed by atoms with Crippen LogP contribution in [0.2, 0.25) is 0 Å². The van der Waals surface area contributed by atoms with E-state index in [1.54, 1.807) is 16.5 Å². The molecule has 1 atom stereocenters. The van der Waals surface area contributed by atoms with Gasteiger partial charge in [-0.15, -0.1) is 0 Å². The van der Waals surface area contributed by atoms with Gasteiger partial charge in [0, 0.05) is 32.4 Å². The van der Waals surface area contributed by atoms with E-state index in [9.17, 15) is 9.59 Å². The summed E-state index contributed by atoms with van der Waals surface area (Å²) in [6.45, 7) is 3.37. The first-order valence-corrected chi connectivity index (χ1v) is 8.66. The average Bonchev–Trinajstić information content (AvgIpc) is 3.23. The van der Waals surface area contributed by atoms with Crippen LogP contribution >= 0.6 is 0 Å². The van der Waals surface area contributed by atoms with Crippen molar-refractivity contribution in [2.24, 2.45) is 0 Å². The van der Waals surface area contributed by atoms with E-state index in [1.165, 1.54) is 0 Å². The number of ether oxygens (including phenoxy) is 1. The molecule has 126 valence electrons. The van der Waals surface area contributed by atoms with Crippen LogP contribution in [0.5, 0.6) is 0 Å². The predicted octanol–water partition coefficient (Wildman–Crippen LogP) is 2.52. The Bertz CT molecular complexity index is 628. The molecule has 0 spiro atoms. The second-order valence-electron chi connectivity index (χ2n) is 6.82. The molecule has 0 radical (unpaired) electrons. The Hall–Kier alpha value is -1.62. The monoisotopic (exact) mass is 318 g/mol. The Morgan fingerprint density at radius 3 is 2.83 bits per heavy atom. The van der Waals surface area contributed by atoms with Crippen molar-refractivity contribution in [2.45, 2.75) is 57.6 Å². The maximum atomic E-state index is 12.7. The predicted molar refractivity (Wildman–Crippen MR) is 88.9 cm³/mol. The SMILES string of the molecule is Cc1ccn(C2CC2)c(=O)c1C(=O)N(C)CCCC1CCCO1. The molecule has 1 unspecified atom stereocenters. The molecule has 2 aliphatic rings. The lowest BCUT2D eigenvalue weighted by molar-refractivity contribution is 0.0760. The quantitative estimate of drug-likeness (QED) is 0.810. The summed E-state index contributed by atoms with van der Waals surface area (Å²) in [5, 5.41) is 0. The lowest BCUT2D eigenvalue weighted by Gasteiger charge is -2.19. The molecule has 5 heteroatoms. The van der Waals surface area contributed by atoms with Crippen LogP contribution in [0.15, 0.2) is 17.1 Å². The molecule has 1 aliphatic carbocycles. The molecule has 5 nitrogen and oxygen atoms in total. The van der Waals surface area contributed by atoms with Crippen molar-refractivity contribution in [3.63, 3.8) is 0 Å². The van der Waals surface area contributed by atoms with Gasteiger partial charge >= 0.3 is 0 Å². The molecule has 0 bridgehead atoms. The van der Waals surface area contributed by atoms with Gasteiger partial charge in [0.05, 0.1) is 6.10 Å². The molecule has 1 aromatic rings. The lowest BCUT2D eigenvalue weighted by atomic mass is 10.1. The summed E-state index contributed by atoms with van der Waals surface area (Å²) >= 11 is 0. The van der Waals surface area contributed by atoms with Crippen molar-refractivity contribution in [3.05, 3.63) is 33.7 Å². The lowest BCUT2D eigenvalue weighted by Crippen LogP contribution is -2.35. The van der Waals surface area contributed by atoms with Gasteiger partial charge in [0.15, 0.2) is 0 Å². The van der Waals surface area contributed by atoms with Crippen molar-refractivity contribution < 1.29 is 9.53 Å². The summed E-state index contributed by atoms with van der Waals surface area (Å²) in [4.78, 5) is 27.0. The first kappa shape index (κ1) is 16.2. The van der Waals surface area contributed by atoms with Crippen LogP contribution in [0, 0.1) is 6.92 Å². The maximum absolute atomic E-state index is 12.7. The molecule has 1 aromatic heterocycles. The van der Waals surface area contributed by atoms with E-state index in [4.69, 9.17) is 4.74 Å². The van der Waals surface area contributed by atoms with Gasteiger partial charge < -0.3 is 14.2 Å². The summed E-state index contributed by atoms with van der Waals surface area (Å²) in [6.07, 6.45) is 8.41. The number of nitrogens with zero attached hydrogens (tertiary/aromatic N) is 2. The zero-order valence-electron chi connectivity index (χ0n) is 14.1. The second-order valence-corrected chi connectivity index (χ2v) is 6.82. The molecule has 0 N–H and O–H groups in total. The molecule has 2 heterocycles. The second kappa shape index (κ2) is 6.87. The standard InChI is InChI=1S/C18H26N2O3/c1-13-9-11-20(14-7-8-14)18(22)16(13)17(21)19(2)10-3-5-15-6-4-12-23-15/h9,11,14-15H,3-8,10,12H2,1-2H3. The van der Waals surface area contributed by atoms with Crippen LogP contribution in [-0.4, -0.2) is 41.7 Å². The van der Waals surface area contributed by atoms with E-state index in [2.05, 4.69) is 0 Å². The Morgan fingerprint density at radius 2 is 2.17 bits per heavy atom. The normalized spacial score (nSPS) is 20.7. The minimum Gasteiger partial charge on any atom is -0.378 e. The highest BCUT2D eigenvalue weighted by molar-refractivity contribution is 5.95. The third-order valence-electron chi connectivity index (χ3n) is 4.87. The molecular formula is C18H26N2O3. The fraction of sp³-hybridized carbons (Fsp3) is 0.667. The summed E-state index contributed by atoms with van der Waals surface area (Å²) in [6, 6.07) is 2.17. The van der Waals surface area contributed by atoms with Crippen LogP contribution in [0.1, 0.15) is 60.5 Å². The average molecular weight is 318 g/mol. The highest BCUT2D eigenvalue weighted by Crippen LogP contribution is 2.33. The first-order chi connectivity index (χ1) is 11.1. The summed E-state index contributed by atoms with van der Waals surface area (Å²) < 4.78 is 7.33. The van der Waals surface area contributed by atoms with E-state index in [0.29, 0.717) is 24.3 Å². The van der Waals surface area contributed by atoms with Gasteiger partial charge in [-0.3, -0.25) is 9.59 Å². The smallest absolute Gasteiger partial charge is 0.263 e. The van der Waals surface area contributed by atoms with E-state index in [-0.39, 0.29) is 11.5 Å². The van der Waals surface area contributed by atoms with Crippen LogP contribution in [0.4, 0.5) is 0 Å². The van der Waals surface area contributed by atoms with Crippen molar-refractivity contribution in [3.8, 4) is 0 Å². The van der Waals surface area contributed by atoms with Gasteiger partial charge in [-0.05, 0) is 57.1 Å². The number of hydrogen-bond donors (Lipinski definition) is 0. The third-order valence-corrected chi connectivity index (χ3v) is 4.87. The minimum atomic E-state index is -0.158. The van der Waals surface area contributed by atoms with E-state index < -0.39 is 0 Å². The summed E-state index contributed by atoms with van der Waals surface area (Å²) in [5.41, 5.74) is 0.963. The largest absolute Gasteiger partial charge is 0.378 e. The maximum Gasteiger partial charge on any atom is 0.263 e. The van der Waals surface area contributed by atoms with Gasteiger partial charge in [-0.25, -0.2) is 0 Å². The number of hydrogen-bond acceptors (Lipinski definition) is 3. The number of carbonyl (C=O) groups is 1. The van der Waals surface area contributed by atoms with Crippen molar-refractivity contribution in [1.29, 1.82) is 0 Å². The zero-order valence-corrected chi connectivity index (χ0v) is 14.1. The van der Waals surface area contributed by atoms with Crippen LogP contribution in [0.25, 0.3) is 0 Å². The number of pyridine rings is 1. The third kappa shape index (κ3) is 3.66. The number of rotatable bonds is 6. The topological polar surface area (TPSA) is 51.5 Å². The van der Waals surface area contributed by atoms with Gasteiger partial charge in [0.25, 0.3) is 11.5 Å². The molecule has 23 heavy (non-hydrogen) atoms. The van der Waals surface area contributed by atoms with E-state index in [0.717, 1.165) is 50.7 Å². The molecule has 1 aliphatic heterocycles. The fourth-order valence-electron chi connectivity index (χ4n) is 3.26. The first-order valence-electron chi connectivity index (χ1n) is 8.66. The van der Waals surface area contributed by atoms with E-state index in [1.807, 2.05) is 19.2 Å². The number of aryl methyl sites for hydroxylation is 1. The Kier molecular flexibility index (Phi) is 4.85. The summed E-state index contributed by atoms with van der Waals surface area (Å²) in [7, 11) is 1.78. The van der Waals surface area contributed by atoms with Crippen molar-refractivity contribution >= 4 is 5.91 Å². The molecule has 3 rings (SSSR count). The van der Waals surface area contributed by atoms with E-state index >= 15 is 0 Å². The molecule has 1 amide bonds. The fourth-order valence-corrected chi connectivity index (χ4v) is 3.26. The Labute approximate surface area is 137 Å². The van der Waals surface area contributed by atoms with Crippen molar-refractivity contribution in [2.75, 3.05) is 20.2 Å². The van der Waals surface area contributed by atoms with Gasteiger partial charge in [-0.2, -0.15) is 0 Å². The Morgan fingerprint density at radius 1 is 1.39 bits per heavy atom. The van der Waals surface area contributed by atoms with Gasteiger partial charge in [-0.1, -0.05) is 0 Å². The number of carbonyl (C=O) groups excluding carboxylic acids is 1. The van der Waals surface area contributed by atoms with Crippen LogP contribution in [-0.2, 0) is 4.74 Å². The van der Waals surface area contributed by atoms with Gasteiger partial charge in [0.1, 0.15) is 5.56 Å². The van der Waals surface area contributed by atoms with Gasteiger partial charge in [0.2, 0.25) is 0 Å². The molecule has 2 fully saturated rings. The number of aromatic nitrogens is 1. The summed E-state index contributed by atoms with van der Waals surface area (Å²) in [5.74, 6) is -0.158. The number of amides is 1. The van der Waals surface area contributed by atoms with Crippen LogP contribution in [0.3, 0.4) is 0 Å². The Balaban J connectivity index is 1.64.